The minimum atomic E-state index is -0.456. The SMILES string of the molecule is CN(C(=O)CSc1nnc(CN2CCCCC2)n1Cc1ccccc1)c1ccc([N+](=O)[O-])cc1. The fourth-order valence-corrected chi connectivity index (χ4v) is 4.82. The van der Waals surface area contributed by atoms with E-state index in [2.05, 4.69) is 31.8 Å². The van der Waals surface area contributed by atoms with Gasteiger partial charge in [-0.15, -0.1) is 10.2 Å². The number of piperidine rings is 1. The molecule has 0 atom stereocenters. The van der Waals surface area contributed by atoms with Gasteiger partial charge in [-0.3, -0.25) is 19.8 Å². The lowest BCUT2D eigenvalue weighted by Gasteiger charge is -2.26. The van der Waals surface area contributed by atoms with E-state index < -0.39 is 4.92 Å². The van der Waals surface area contributed by atoms with Crippen LogP contribution in [0.4, 0.5) is 11.4 Å². The lowest BCUT2D eigenvalue weighted by atomic mass is 10.1. The summed E-state index contributed by atoms with van der Waals surface area (Å²) in [5.41, 5.74) is 1.75. The zero-order chi connectivity index (χ0) is 23.9. The number of benzene rings is 2. The molecule has 2 aromatic carbocycles. The number of hydrogen-bond donors (Lipinski definition) is 0. The lowest BCUT2D eigenvalue weighted by molar-refractivity contribution is -0.384. The maximum absolute atomic E-state index is 12.8. The monoisotopic (exact) mass is 480 g/mol. The van der Waals surface area contributed by atoms with E-state index in [1.807, 2.05) is 18.2 Å². The second kappa shape index (κ2) is 11.3. The van der Waals surface area contributed by atoms with Crippen molar-refractivity contribution in [2.75, 3.05) is 30.8 Å². The van der Waals surface area contributed by atoms with E-state index in [9.17, 15) is 14.9 Å². The Morgan fingerprint density at radius 2 is 1.74 bits per heavy atom. The summed E-state index contributed by atoms with van der Waals surface area (Å²) >= 11 is 1.36. The van der Waals surface area contributed by atoms with E-state index in [1.54, 1.807) is 19.2 Å². The highest BCUT2D eigenvalue weighted by Crippen LogP contribution is 2.23. The summed E-state index contributed by atoms with van der Waals surface area (Å²) in [5, 5.41) is 20.5. The van der Waals surface area contributed by atoms with E-state index >= 15 is 0 Å². The highest BCUT2D eigenvalue weighted by Gasteiger charge is 2.20. The van der Waals surface area contributed by atoms with E-state index in [0.717, 1.165) is 31.0 Å². The predicted octanol–water partition coefficient (Wildman–Crippen LogP) is 3.98. The van der Waals surface area contributed by atoms with E-state index in [4.69, 9.17) is 0 Å². The molecule has 178 valence electrons. The molecule has 1 aliphatic heterocycles. The Labute approximate surface area is 202 Å². The highest BCUT2D eigenvalue weighted by molar-refractivity contribution is 7.99. The largest absolute Gasteiger partial charge is 0.315 e. The first kappa shape index (κ1) is 23.9. The Morgan fingerprint density at radius 1 is 1.03 bits per heavy atom. The van der Waals surface area contributed by atoms with Crippen LogP contribution < -0.4 is 4.90 Å². The molecule has 1 fully saturated rings. The number of non-ortho nitro benzene ring substituents is 1. The fourth-order valence-electron chi connectivity index (χ4n) is 3.95. The summed E-state index contributed by atoms with van der Waals surface area (Å²) < 4.78 is 2.10. The topological polar surface area (TPSA) is 97.4 Å². The molecular formula is C24H28N6O3S. The normalized spacial score (nSPS) is 14.1. The van der Waals surface area contributed by atoms with E-state index in [0.29, 0.717) is 17.4 Å². The number of thioether (sulfide) groups is 1. The van der Waals surface area contributed by atoms with Crippen molar-refractivity contribution in [2.24, 2.45) is 0 Å². The van der Waals surface area contributed by atoms with Crippen molar-refractivity contribution in [3.8, 4) is 0 Å². The molecule has 3 aromatic rings. The Kier molecular flexibility index (Phi) is 7.91. The summed E-state index contributed by atoms with van der Waals surface area (Å²) in [5.74, 6) is 0.972. The van der Waals surface area contributed by atoms with Gasteiger partial charge in [0.25, 0.3) is 5.69 Å². The van der Waals surface area contributed by atoms with Crippen molar-refractivity contribution in [3.05, 3.63) is 76.1 Å². The van der Waals surface area contributed by atoms with Crippen LogP contribution in [0, 0.1) is 10.1 Å². The molecule has 1 saturated heterocycles. The summed E-state index contributed by atoms with van der Waals surface area (Å²) in [6, 6.07) is 16.1. The summed E-state index contributed by atoms with van der Waals surface area (Å²) in [7, 11) is 1.67. The Hall–Kier alpha value is -3.24. The van der Waals surface area contributed by atoms with Gasteiger partial charge in [0, 0.05) is 24.9 Å². The van der Waals surface area contributed by atoms with Gasteiger partial charge in [0.1, 0.15) is 5.82 Å². The third kappa shape index (κ3) is 6.00. The molecule has 1 aromatic heterocycles. The van der Waals surface area contributed by atoms with Crippen molar-refractivity contribution in [3.63, 3.8) is 0 Å². The number of aromatic nitrogens is 3. The molecule has 0 spiro atoms. The van der Waals surface area contributed by atoms with Crippen LogP contribution in [0.5, 0.6) is 0 Å². The van der Waals surface area contributed by atoms with Gasteiger partial charge in [-0.25, -0.2) is 0 Å². The van der Waals surface area contributed by atoms with E-state index in [-0.39, 0.29) is 17.3 Å². The number of nitro groups is 1. The van der Waals surface area contributed by atoms with Gasteiger partial charge >= 0.3 is 0 Å². The first-order valence-corrected chi connectivity index (χ1v) is 12.3. The van der Waals surface area contributed by atoms with Crippen molar-refractivity contribution in [1.29, 1.82) is 0 Å². The number of hydrogen-bond acceptors (Lipinski definition) is 7. The summed E-state index contributed by atoms with van der Waals surface area (Å²) in [6.45, 7) is 3.53. The van der Waals surface area contributed by atoms with Gasteiger partial charge in [0.2, 0.25) is 5.91 Å². The zero-order valence-electron chi connectivity index (χ0n) is 19.2. The van der Waals surface area contributed by atoms with Crippen LogP contribution in [0.25, 0.3) is 0 Å². The van der Waals surface area contributed by atoms with Crippen LogP contribution in [0.3, 0.4) is 0 Å². The Balaban J connectivity index is 1.46. The molecule has 0 bridgehead atoms. The smallest absolute Gasteiger partial charge is 0.269 e. The molecular weight excluding hydrogens is 452 g/mol. The van der Waals surface area contributed by atoms with Crippen LogP contribution in [-0.4, -0.2) is 56.4 Å². The van der Waals surface area contributed by atoms with Crippen LogP contribution in [0.1, 0.15) is 30.7 Å². The second-order valence-electron chi connectivity index (χ2n) is 8.32. The molecule has 34 heavy (non-hydrogen) atoms. The lowest BCUT2D eigenvalue weighted by Crippen LogP contribution is -2.30. The number of rotatable bonds is 9. The molecule has 0 saturated carbocycles. The molecule has 9 nitrogen and oxygen atoms in total. The average Bonchev–Trinajstić information content (AvgIpc) is 3.24. The van der Waals surface area contributed by atoms with Crippen molar-refractivity contribution < 1.29 is 9.72 Å². The number of nitro benzene ring substituents is 1. The fraction of sp³-hybridized carbons (Fsp3) is 0.375. The van der Waals surface area contributed by atoms with Crippen molar-refractivity contribution in [1.82, 2.24) is 19.7 Å². The first-order chi connectivity index (χ1) is 16.5. The number of likely N-dealkylation sites (tertiary alicyclic amines) is 1. The molecule has 0 N–H and O–H groups in total. The Bertz CT molecular complexity index is 1110. The Morgan fingerprint density at radius 3 is 2.41 bits per heavy atom. The van der Waals surface area contributed by atoms with Crippen LogP contribution in [0.2, 0.25) is 0 Å². The minimum absolute atomic E-state index is 0.00535. The van der Waals surface area contributed by atoms with Crippen molar-refractivity contribution in [2.45, 2.75) is 37.5 Å². The predicted molar refractivity (Wildman–Crippen MR) is 132 cm³/mol. The van der Waals surface area contributed by atoms with E-state index in [1.165, 1.54) is 48.1 Å². The van der Waals surface area contributed by atoms with Crippen LogP contribution in [0.15, 0.2) is 59.8 Å². The quantitative estimate of drug-likeness (QED) is 0.260. The molecule has 10 heteroatoms. The molecule has 0 radical (unpaired) electrons. The van der Waals surface area contributed by atoms with Crippen molar-refractivity contribution >= 4 is 29.0 Å². The molecule has 0 unspecified atom stereocenters. The van der Waals surface area contributed by atoms with Gasteiger partial charge in [0.15, 0.2) is 5.16 Å². The van der Waals surface area contributed by atoms with Gasteiger partial charge in [0.05, 0.1) is 23.8 Å². The number of nitrogens with zero attached hydrogens (tertiary/aromatic N) is 6. The third-order valence-electron chi connectivity index (χ3n) is 5.94. The van der Waals surface area contributed by atoms with Gasteiger partial charge in [-0.1, -0.05) is 48.5 Å². The maximum Gasteiger partial charge on any atom is 0.269 e. The third-order valence-corrected chi connectivity index (χ3v) is 6.89. The zero-order valence-corrected chi connectivity index (χ0v) is 20.0. The number of carbonyl (C=O) groups is 1. The minimum Gasteiger partial charge on any atom is -0.315 e. The molecule has 2 heterocycles. The standard InChI is InChI=1S/C24H28N6O3S/c1-27(20-10-12-21(13-11-20)30(32)33)23(31)18-34-24-26-25-22(17-28-14-6-3-7-15-28)29(24)16-19-8-4-2-5-9-19/h2,4-5,8-13H,3,6-7,14-18H2,1H3. The molecule has 4 rings (SSSR count). The van der Waals surface area contributed by atoms with Gasteiger partial charge in [-0.05, 0) is 43.6 Å². The van der Waals surface area contributed by atoms with Crippen LogP contribution in [-0.2, 0) is 17.9 Å². The number of carbonyl (C=O) groups excluding carboxylic acids is 1. The molecule has 1 amide bonds. The molecule has 1 aliphatic rings. The highest BCUT2D eigenvalue weighted by atomic mass is 32.2. The summed E-state index contributed by atoms with van der Waals surface area (Å²) in [4.78, 5) is 27.2. The van der Waals surface area contributed by atoms with Gasteiger partial charge < -0.3 is 9.47 Å². The second-order valence-corrected chi connectivity index (χ2v) is 9.26. The first-order valence-electron chi connectivity index (χ1n) is 11.3. The van der Waals surface area contributed by atoms with Crippen LogP contribution >= 0.6 is 11.8 Å². The maximum atomic E-state index is 12.8. The van der Waals surface area contributed by atoms with Gasteiger partial charge in [-0.2, -0.15) is 0 Å². The average molecular weight is 481 g/mol. The number of amides is 1. The molecule has 0 aliphatic carbocycles. The number of anilines is 1. The summed E-state index contributed by atoms with van der Waals surface area (Å²) in [6.07, 6.45) is 3.69.